The molecule has 0 amide bonds. The van der Waals surface area contributed by atoms with E-state index in [9.17, 15) is 9.90 Å². The summed E-state index contributed by atoms with van der Waals surface area (Å²) in [7, 11) is 0. The Hall–Kier alpha value is -1.30. The van der Waals surface area contributed by atoms with Gasteiger partial charge >= 0.3 is 5.97 Å². The van der Waals surface area contributed by atoms with Crippen LogP contribution in [0.15, 0.2) is 5.16 Å². The van der Waals surface area contributed by atoms with E-state index in [4.69, 9.17) is 5.11 Å². The standard InChI is InChI=1S/C9H12N2O3S/c1-3-5-6(8(13)14)10-9(15-4-2)11-7(5)12/h3-4H2,1-2H3,(H,13,14)(H,10,11,12). The second kappa shape index (κ2) is 4.97. The summed E-state index contributed by atoms with van der Waals surface area (Å²) in [6, 6.07) is 0. The van der Waals surface area contributed by atoms with Gasteiger partial charge < -0.3 is 10.2 Å². The van der Waals surface area contributed by atoms with Gasteiger partial charge in [-0.15, -0.1) is 0 Å². The van der Waals surface area contributed by atoms with Gasteiger partial charge in [-0.05, 0) is 12.2 Å². The van der Waals surface area contributed by atoms with Crippen molar-refractivity contribution in [3.63, 3.8) is 0 Å². The SMILES string of the molecule is CCSc1nc(O)c(CC)c(C(=O)O)n1. The van der Waals surface area contributed by atoms with E-state index in [1.807, 2.05) is 6.92 Å². The van der Waals surface area contributed by atoms with Gasteiger partial charge in [0.25, 0.3) is 0 Å². The van der Waals surface area contributed by atoms with Crippen LogP contribution in [0.2, 0.25) is 0 Å². The average Bonchev–Trinajstić information content (AvgIpc) is 2.17. The fourth-order valence-electron chi connectivity index (χ4n) is 1.15. The summed E-state index contributed by atoms with van der Waals surface area (Å²) in [5.41, 5.74) is 0.170. The smallest absolute Gasteiger partial charge is 0.355 e. The van der Waals surface area contributed by atoms with Gasteiger partial charge in [0, 0.05) is 5.56 Å². The molecule has 0 aliphatic carbocycles. The Kier molecular flexibility index (Phi) is 3.90. The van der Waals surface area contributed by atoms with Crippen LogP contribution < -0.4 is 0 Å². The van der Waals surface area contributed by atoms with E-state index in [1.54, 1.807) is 6.92 Å². The Morgan fingerprint density at radius 1 is 1.40 bits per heavy atom. The van der Waals surface area contributed by atoms with E-state index in [2.05, 4.69) is 9.97 Å². The van der Waals surface area contributed by atoms with Crippen LogP contribution in [0.4, 0.5) is 0 Å². The van der Waals surface area contributed by atoms with Crippen LogP contribution in [0.25, 0.3) is 0 Å². The first-order valence-corrected chi connectivity index (χ1v) is 5.54. The average molecular weight is 228 g/mol. The number of carbonyl (C=O) groups is 1. The maximum atomic E-state index is 10.9. The lowest BCUT2D eigenvalue weighted by Gasteiger charge is -2.06. The zero-order valence-corrected chi connectivity index (χ0v) is 9.34. The minimum Gasteiger partial charge on any atom is -0.493 e. The highest BCUT2D eigenvalue weighted by Crippen LogP contribution is 2.22. The molecule has 1 heterocycles. The Balaban J connectivity index is 3.25. The maximum Gasteiger partial charge on any atom is 0.355 e. The minimum atomic E-state index is -1.14. The lowest BCUT2D eigenvalue weighted by Crippen LogP contribution is -2.08. The Bertz CT molecular complexity index is 382. The van der Waals surface area contributed by atoms with E-state index in [0.29, 0.717) is 11.6 Å². The number of aromatic hydroxyl groups is 1. The van der Waals surface area contributed by atoms with Crippen molar-refractivity contribution >= 4 is 17.7 Å². The fraction of sp³-hybridized carbons (Fsp3) is 0.444. The van der Waals surface area contributed by atoms with Crippen LogP contribution in [0.5, 0.6) is 5.88 Å². The molecule has 0 saturated carbocycles. The Labute approximate surface area is 91.6 Å². The zero-order chi connectivity index (χ0) is 11.4. The molecule has 0 bridgehead atoms. The minimum absolute atomic E-state index is 0.110. The first-order valence-electron chi connectivity index (χ1n) is 4.56. The van der Waals surface area contributed by atoms with Gasteiger partial charge in [0.2, 0.25) is 5.88 Å². The van der Waals surface area contributed by atoms with Crippen LogP contribution in [0, 0.1) is 0 Å². The summed E-state index contributed by atoms with van der Waals surface area (Å²) in [5.74, 6) is -0.646. The number of carboxylic acid groups (broad SMARTS) is 1. The first kappa shape index (κ1) is 11.8. The predicted octanol–water partition coefficient (Wildman–Crippen LogP) is 1.55. The molecular weight excluding hydrogens is 216 g/mol. The van der Waals surface area contributed by atoms with Crippen LogP contribution in [0.1, 0.15) is 29.9 Å². The maximum absolute atomic E-state index is 10.9. The van der Waals surface area contributed by atoms with Crippen LogP contribution >= 0.6 is 11.8 Å². The van der Waals surface area contributed by atoms with Gasteiger partial charge in [0.1, 0.15) is 0 Å². The van der Waals surface area contributed by atoms with Crippen molar-refractivity contribution in [1.82, 2.24) is 9.97 Å². The number of thioether (sulfide) groups is 1. The number of hydrogen-bond acceptors (Lipinski definition) is 5. The number of hydrogen-bond donors (Lipinski definition) is 2. The molecule has 5 nitrogen and oxygen atoms in total. The van der Waals surface area contributed by atoms with E-state index >= 15 is 0 Å². The van der Waals surface area contributed by atoms with E-state index in [0.717, 1.165) is 5.75 Å². The number of carboxylic acids is 1. The molecule has 1 rings (SSSR count). The molecule has 0 spiro atoms. The Morgan fingerprint density at radius 2 is 2.07 bits per heavy atom. The number of aromatic carboxylic acids is 1. The third kappa shape index (κ3) is 2.59. The first-order chi connectivity index (χ1) is 7.10. The van der Waals surface area contributed by atoms with Crippen molar-refractivity contribution in [2.45, 2.75) is 25.4 Å². The quantitative estimate of drug-likeness (QED) is 0.601. The molecule has 0 aliphatic heterocycles. The lowest BCUT2D eigenvalue weighted by molar-refractivity contribution is 0.0687. The highest BCUT2D eigenvalue weighted by atomic mass is 32.2. The topological polar surface area (TPSA) is 83.3 Å². The van der Waals surface area contributed by atoms with Crippen molar-refractivity contribution in [2.24, 2.45) is 0 Å². The summed E-state index contributed by atoms with van der Waals surface area (Å²) in [5, 5.41) is 18.7. The summed E-state index contributed by atoms with van der Waals surface area (Å²) >= 11 is 1.29. The summed E-state index contributed by atoms with van der Waals surface area (Å²) < 4.78 is 0. The Morgan fingerprint density at radius 3 is 2.53 bits per heavy atom. The molecule has 15 heavy (non-hydrogen) atoms. The molecule has 0 saturated heterocycles. The van der Waals surface area contributed by atoms with Gasteiger partial charge in [0.05, 0.1) is 0 Å². The zero-order valence-electron chi connectivity index (χ0n) is 8.52. The van der Waals surface area contributed by atoms with Gasteiger partial charge in [-0.2, -0.15) is 4.98 Å². The summed E-state index contributed by atoms with van der Waals surface area (Å²) in [4.78, 5) is 18.6. The molecule has 2 N–H and O–H groups in total. The molecule has 0 fully saturated rings. The van der Waals surface area contributed by atoms with Gasteiger partial charge in [-0.3, -0.25) is 0 Å². The van der Waals surface area contributed by atoms with E-state index in [-0.39, 0.29) is 17.1 Å². The van der Waals surface area contributed by atoms with Crippen molar-refractivity contribution < 1.29 is 15.0 Å². The monoisotopic (exact) mass is 228 g/mol. The van der Waals surface area contributed by atoms with Crippen molar-refractivity contribution in [2.75, 3.05) is 5.75 Å². The summed E-state index contributed by atoms with van der Waals surface area (Å²) in [6.45, 7) is 3.65. The van der Waals surface area contributed by atoms with Crippen molar-refractivity contribution in [3.05, 3.63) is 11.3 Å². The third-order valence-corrected chi connectivity index (χ3v) is 2.52. The van der Waals surface area contributed by atoms with Crippen LogP contribution in [-0.4, -0.2) is 31.9 Å². The fourth-order valence-corrected chi connectivity index (χ4v) is 1.71. The second-order valence-electron chi connectivity index (χ2n) is 2.75. The van der Waals surface area contributed by atoms with Crippen molar-refractivity contribution in [1.29, 1.82) is 0 Å². The molecule has 6 heteroatoms. The molecule has 0 aliphatic rings. The lowest BCUT2D eigenvalue weighted by atomic mass is 10.2. The van der Waals surface area contributed by atoms with Gasteiger partial charge in [-0.25, -0.2) is 9.78 Å². The molecule has 0 radical (unpaired) electrons. The van der Waals surface area contributed by atoms with Crippen LogP contribution in [0.3, 0.4) is 0 Å². The molecular formula is C9H12N2O3S. The largest absolute Gasteiger partial charge is 0.493 e. The van der Waals surface area contributed by atoms with Gasteiger partial charge in [-0.1, -0.05) is 25.6 Å². The molecule has 82 valence electrons. The number of rotatable bonds is 4. The van der Waals surface area contributed by atoms with E-state index in [1.165, 1.54) is 11.8 Å². The third-order valence-electron chi connectivity index (χ3n) is 1.79. The van der Waals surface area contributed by atoms with Crippen LogP contribution in [-0.2, 0) is 6.42 Å². The predicted molar refractivity (Wildman–Crippen MR) is 56.4 cm³/mol. The molecule has 0 atom stereocenters. The normalized spacial score (nSPS) is 10.3. The van der Waals surface area contributed by atoms with Gasteiger partial charge in [0.15, 0.2) is 10.9 Å². The highest BCUT2D eigenvalue weighted by molar-refractivity contribution is 7.99. The number of aromatic nitrogens is 2. The molecule has 1 aromatic heterocycles. The number of nitrogens with zero attached hydrogens (tertiary/aromatic N) is 2. The molecule has 0 unspecified atom stereocenters. The highest BCUT2D eigenvalue weighted by Gasteiger charge is 2.17. The molecule has 1 aromatic rings. The van der Waals surface area contributed by atoms with Crippen molar-refractivity contribution in [3.8, 4) is 5.88 Å². The second-order valence-corrected chi connectivity index (χ2v) is 3.98. The van der Waals surface area contributed by atoms with E-state index < -0.39 is 5.97 Å². The molecule has 0 aromatic carbocycles. The summed E-state index contributed by atoms with van der Waals surface area (Å²) in [6.07, 6.45) is 0.393.